The highest BCUT2D eigenvalue weighted by molar-refractivity contribution is 5.99. The predicted octanol–water partition coefficient (Wildman–Crippen LogP) is 3.51. The maximum atomic E-state index is 13.6. The van der Waals surface area contributed by atoms with Crippen LogP contribution >= 0.6 is 0 Å². The minimum absolute atomic E-state index is 0.0383. The fourth-order valence-corrected chi connectivity index (χ4v) is 5.65. The van der Waals surface area contributed by atoms with Crippen LogP contribution in [0.25, 0.3) is 0 Å². The Morgan fingerprint density at radius 3 is 2.73 bits per heavy atom. The number of carbonyl (C=O) groups excluding carboxylic acids is 2. The number of hydrogen-bond donors (Lipinski definition) is 2. The third kappa shape index (κ3) is 4.99. The van der Waals surface area contributed by atoms with Gasteiger partial charge in [0.15, 0.2) is 5.96 Å². The Balaban J connectivity index is 1.39. The van der Waals surface area contributed by atoms with E-state index in [-0.39, 0.29) is 42.1 Å². The molecule has 4 atom stereocenters. The Morgan fingerprint density at radius 1 is 1.27 bits per heavy atom. The van der Waals surface area contributed by atoms with Crippen molar-refractivity contribution in [2.45, 2.75) is 70.2 Å². The summed E-state index contributed by atoms with van der Waals surface area (Å²) in [7, 11) is 1.62. The molecule has 1 unspecified atom stereocenters. The normalized spacial score (nSPS) is 26.3. The molecular weight excluding hydrogens is 470 g/mol. The fourth-order valence-electron chi connectivity index (χ4n) is 5.65. The van der Waals surface area contributed by atoms with Crippen LogP contribution in [-0.4, -0.2) is 45.9 Å². The number of nitrogens with zero attached hydrogens (tertiary/aromatic N) is 3. The van der Waals surface area contributed by atoms with Crippen molar-refractivity contribution in [3.8, 4) is 11.5 Å². The molecule has 1 aromatic heterocycles. The molecule has 2 aromatic rings. The van der Waals surface area contributed by atoms with E-state index in [9.17, 15) is 9.59 Å². The lowest BCUT2D eigenvalue weighted by atomic mass is 9.89. The minimum atomic E-state index is -0.552. The molecule has 2 amide bonds. The van der Waals surface area contributed by atoms with Crippen molar-refractivity contribution in [3.05, 3.63) is 53.9 Å². The monoisotopic (exact) mass is 505 g/mol. The highest BCUT2D eigenvalue weighted by atomic mass is 16.5. The van der Waals surface area contributed by atoms with Crippen molar-refractivity contribution in [3.63, 3.8) is 0 Å². The van der Waals surface area contributed by atoms with Gasteiger partial charge in [-0.3, -0.25) is 19.5 Å². The van der Waals surface area contributed by atoms with E-state index in [0.717, 1.165) is 11.1 Å². The number of guanidine groups is 1. The van der Waals surface area contributed by atoms with Gasteiger partial charge in [0.05, 0.1) is 31.2 Å². The summed E-state index contributed by atoms with van der Waals surface area (Å²) < 4.78 is 11.5. The molecule has 1 fully saturated rings. The Kier molecular flexibility index (Phi) is 6.12. The number of ether oxygens (including phenoxy) is 2. The van der Waals surface area contributed by atoms with Gasteiger partial charge in [0.25, 0.3) is 0 Å². The molecule has 37 heavy (non-hydrogen) atoms. The van der Waals surface area contributed by atoms with Crippen LogP contribution in [0.1, 0.15) is 70.2 Å². The molecule has 9 nitrogen and oxygen atoms in total. The zero-order valence-electron chi connectivity index (χ0n) is 22.0. The van der Waals surface area contributed by atoms with Crippen LogP contribution in [-0.2, 0) is 9.59 Å². The number of methoxy groups -OCH3 is 1. The van der Waals surface area contributed by atoms with Crippen molar-refractivity contribution in [1.82, 2.24) is 15.2 Å². The average molecular weight is 506 g/mol. The van der Waals surface area contributed by atoms with Gasteiger partial charge in [-0.1, -0.05) is 6.07 Å². The van der Waals surface area contributed by atoms with Gasteiger partial charge in [0.1, 0.15) is 17.1 Å². The summed E-state index contributed by atoms with van der Waals surface area (Å²) in [5.41, 5.74) is 7.11. The molecule has 9 heteroatoms. The Labute approximate surface area is 217 Å². The second-order valence-corrected chi connectivity index (χ2v) is 11.5. The third-order valence-electron chi connectivity index (χ3n) is 7.40. The number of nitrogens with two attached hydrogens (primary N) is 1. The number of benzene rings is 1. The number of carbonyl (C=O) groups is 2. The van der Waals surface area contributed by atoms with Crippen molar-refractivity contribution in [2.75, 3.05) is 7.11 Å². The summed E-state index contributed by atoms with van der Waals surface area (Å²) in [6.45, 7) is 7.81. The quantitative estimate of drug-likeness (QED) is 0.620. The first kappa shape index (κ1) is 25.0. The number of rotatable bonds is 6. The van der Waals surface area contributed by atoms with Gasteiger partial charge in [0.2, 0.25) is 11.8 Å². The molecular formula is C28H35N5O4. The van der Waals surface area contributed by atoms with Gasteiger partial charge < -0.3 is 20.5 Å². The fraction of sp³-hybridized carbons (Fsp3) is 0.500. The third-order valence-corrected chi connectivity index (χ3v) is 7.40. The predicted molar refractivity (Wildman–Crippen MR) is 139 cm³/mol. The minimum Gasteiger partial charge on any atom is -0.497 e. The number of amides is 2. The highest BCUT2D eigenvalue weighted by Gasteiger charge is 2.53. The first-order valence-electron chi connectivity index (χ1n) is 12.7. The SMILES string of the molecule is COc1ccc2c(c1)OC(C)(C)C[C@@H]2NC(=O)[C@@H]1CC1[C@@H](c1cccnc1)N1C(=O)CC(C)(C)N=C1N. The zero-order valence-corrected chi connectivity index (χ0v) is 22.0. The summed E-state index contributed by atoms with van der Waals surface area (Å²) in [4.78, 5) is 37.2. The van der Waals surface area contributed by atoms with Gasteiger partial charge in [-0.05, 0) is 63.8 Å². The van der Waals surface area contributed by atoms with Crippen LogP contribution in [0.15, 0.2) is 47.7 Å². The molecule has 0 bridgehead atoms. The van der Waals surface area contributed by atoms with Crippen LogP contribution in [0.2, 0.25) is 0 Å². The summed E-state index contributed by atoms with van der Waals surface area (Å²) in [5, 5.41) is 3.26. The maximum absolute atomic E-state index is 13.6. The molecule has 1 aliphatic carbocycles. The van der Waals surface area contributed by atoms with Crippen molar-refractivity contribution >= 4 is 17.8 Å². The summed E-state index contributed by atoms with van der Waals surface area (Å²) >= 11 is 0. The number of aromatic nitrogens is 1. The van der Waals surface area contributed by atoms with E-state index < -0.39 is 17.2 Å². The Bertz CT molecular complexity index is 1240. The number of fused-ring (bicyclic) bond motifs is 1. The number of nitrogens with one attached hydrogen (secondary N) is 1. The van der Waals surface area contributed by atoms with E-state index in [1.165, 1.54) is 0 Å². The van der Waals surface area contributed by atoms with Gasteiger partial charge in [-0.15, -0.1) is 0 Å². The summed E-state index contributed by atoms with van der Waals surface area (Å²) in [5.74, 6) is 1.13. The van der Waals surface area contributed by atoms with Crippen molar-refractivity contribution in [2.24, 2.45) is 22.6 Å². The molecule has 3 N–H and O–H groups in total. The number of hydrogen-bond acceptors (Lipinski definition) is 7. The summed E-state index contributed by atoms with van der Waals surface area (Å²) in [6.07, 6.45) is 4.97. The number of aliphatic imine (C=N–C) groups is 1. The molecule has 3 heterocycles. The highest BCUT2D eigenvalue weighted by Crippen LogP contribution is 2.51. The van der Waals surface area contributed by atoms with Crippen molar-refractivity contribution < 1.29 is 19.1 Å². The van der Waals surface area contributed by atoms with Crippen LogP contribution < -0.4 is 20.5 Å². The first-order chi connectivity index (χ1) is 17.5. The second-order valence-electron chi connectivity index (χ2n) is 11.5. The molecule has 0 saturated heterocycles. The van der Waals surface area contributed by atoms with E-state index in [0.29, 0.717) is 24.3 Å². The smallest absolute Gasteiger partial charge is 0.232 e. The van der Waals surface area contributed by atoms with Gasteiger partial charge >= 0.3 is 0 Å². The van der Waals surface area contributed by atoms with Crippen LogP contribution in [0, 0.1) is 11.8 Å². The van der Waals surface area contributed by atoms with E-state index in [1.807, 2.05) is 58.0 Å². The van der Waals surface area contributed by atoms with E-state index >= 15 is 0 Å². The van der Waals surface area contributed by atoms with E-state index in [4.69, 9.17) is 15.2 Å². The molecule has 196 valence electrons. The molecule has 0 spiro atoms. The lowest BCUT2D eigenvalue weighted by Crippen LogP contribution is -2.52. The van der Waals surface area contributed by atoms with E-state index in [1.54, 1.807) is 24.4 Å². The second kappa shape index (κ2) is 9.04. The van der Waals surface area contributed by atoms with E-state index in [2.05, 4.69) is 15.3 Å². The molecule has 0 radical (unpaired) electrons. The lowest BCUT2D eigenvalue weighted by Gasteiger charge is -2.39. The maximum Gasteiger partial charge on any atom is 0.232 e. The van der Waals surface area contributed by atoms with Crippen molar-refractivity contribution in [1.29, 1.82) is 0 Å². The topological polar surface area (TPSA) is 119 Å². The van der Waals surface area contributed by atoms with Gasteiger partial charge in [-0.2, -0.15) is 0 Å². The van der Waals surface area contributed by atoms with Crippen LogP contribution in [0.5, 0.6) is 11.5 Å². The summed E-state index contributed by atoms with van der Waals surface area (Å²) in [6, 6.07) is 8.85. The van der Waals surface area contributed by atoms with Crippen LogP contribution in [0.3, 0.4) is 0 Å². The van der Waals surface area contributed by atoms with Crippen LogP contribution in [0.4, 0.5) is 0 Å². The first-order valence-corrected chi connectivity index (χ1v) is 12.7. The molecule has 1 aromatic carbocycles. The largest absolute Gasteiger partial charge is 0.497 e. The molecule has 3 aliphatic rings. The van der Waals surface area contributed by atoms with Gasteiger partial charge in [-0.25, -0.2) is 4.99 Å². The lowest BCUT2D eigenvalue weighted by molar-refractivity contribution is -0.132. The molecule has 5 rings (SSSR count). The standard InChI is InChI=1S/C28H35N5O4/c1-27(2)14-23(34)33(26(29)32-27)24(16-7-6-10-30-15-16)19-12-20(19)25(35)31-21-13-28(3,4)37-22-11-17(36-5)8-9-18(21)22/h6-11,15,19-21,24H,12-14H2,1-5H3,(H2,29,32)(H,31,35)/t19?,20-,21+,24-/m1/s1. The Hall–Kier alpha value is -3.62. The Morgan fingerprint density at radius 2 is 2.05 bits per heavy atom. The average Bonchev–Trinajstić information content (AvgIpc) is 3.60. The molecule has 2 aliphatic heterocycles. The number of pyridine rings is 1. The molecule has 1 saturated carbocycles. The van der Waals surface area contributed by atoms with Gasteiger partial charge in [0, 0.05) is 36.4 Å². The zero-order chi connectivity index (χ0) is 26.5.